The van der Waals surface area contributed by atoms with Gasteiger partial charge >= 0.3 is 0 Å². The van der Waals surface area contributed by atoms with Crippen LogP contribution in [-0.2, 0) is 0 Å². The van der Waals surface area contributed by atoms with E-state index in [1.54, 1.807) is 6.07 Å². The first-order chi connectivity index (χ1) is 10.1. The Bertz CT molecular complexity index is 650. The van der Waals surface area contributed by atoms with Crippen molar-refractivity contribution in [1.29, 1.82) is 0 Å². The average molecular weight is 346 g/mol. The van der Waals surface area contributed by atoms with Gasteiger partial charge in [0.15, 0.2) is 0 Å². The van der Waals surface area contributed by atoms with Crippen LogP contribution in [0.1, 0.15) is 17.3 Å². The minimum atomic E-state index is -0.155. The van der Waals surface area contributed by atoms with Crippen molar-refractivity contribution < 1.29 is 9.53 Å². The first-order valence-electron chi connectivity index (χ1n) is 6.49. The molecule has 3 nitrogen and oxygen atoms in total. The number of carbonyl (C=O) groups excluding carboxylic acids is 1. The Morgan fingerprint density at radius 2 is 1.86 bits per heavy atom. The lowest BCUT2D eigenvalue weighted by Gasteiger charge is -2.09. The van der Waals surface area contributed by atoms with E-state index in [4.69, 9.17) is 4.74 Å². The van der Waals surface area contributed by atoms with Crippen LogP contribution in [-0.4, -0.2) is 12.5 Å². The van der Waals surface area contributed by atoms with Crippen LogP contribution >= 0.6 is 15.9 Å². The minimum absolute atomic E-state index is 0.155. The molecule has 2 aromatic rings. The molecule has 0 unspecified atom stereocenters. The number of benzene rings is 2. The predicted octanol–water partition coefficient (Wildman–Crippen LogP) is 4.66. The highest BCUT2D eigenvalue weighted by Crippen LogP contribution is 2.20. The molecule has 0 radical (unpaired) electrons. The van der Waals surface area contributed by atoms with Crippen LogP contribution in [0.25, 0.3) is 0 Å². The van der Waals surface area contributed by atoms with Crippen molar-refractivity contribution >= 4 is 27.5 Å². The fourth-order valence-electron chi connectivity index (χ4n) is 1.68. The third kappa shape index (κ3) is 4.46. The molecule has 0 aromatic heterocycles. The molecule has 108 valence electrons. The van der Waals surface area contributed by atoms with Crippen LogP contribution in [0.2, 0.25) is 0 Å². The van der Waals surface area contributed by atoms with Crippen LogP contribution in [0.4, 0.5) is 5.69 Å². The van der Waals surface area contributed by atoms with E-state index in [0.29, 0.717) is 12.2 Å². The van der Waals surface area contributed by atoms with Crippen molar-refractivity contribution in [2.75, 3.05) is 11.9 Å². The molecule has 0 bridgehead atoms. The Hall–Kier alpha value is -2.07. The third-order valence-electron chi connectivity index (χ3n) is 2.72. The van der Waals surface area contributed by atoms with Gasteiger partial charge in [-0.1, -0.05) is 18.7 Å². The second kappa shape index (κ2) is 7.09. The molecular weight excluding hydrogens is 330 g/mol. The number of nitrogens with one attached hydrogen (secondary N) is 1. The van der Waals surface area contributed by atoms with Gasteiger partial charge in [-0.05, 0) is 64.8 Å². The molecular formula is C17H16BrNO2. The van der Waals surface area contributed by atoms with Gasteiger partial charge in [0.1, 0.15) is 12.4 Å². The van der Waals surface area contributed by atoms with E-state index in [2.05, 4.69) is 27.8 Å². The zero-order chi connectivity index (χ0) is 15.2. The molecule has 0 aliphatic rings. The zero-order valence-electron chi connectivity index (χ0n) is 11.7. The van der Waals surface area contributed by atoms with Crippen molar-refractivity contribution in [3.8, 4) is 5.75 Å². The first kappa shape index (κ1) is 15.3. The summed E-state index contributed by atoms with van der Waals surface area (Å²) >= 11 is 3.37. The number of halogens is 1. The Labute approximate surface area is 132 Å². The molecule has 0 spiro atoms. The zero-order valence-corrected chi connectivity index (χ0v) is 13.3. The molecule has 0 fully saturated rings. The van der Waals surface area contributed by atoms with Gasteiger partial charge < -0.3 is 10.1 Å². The molecule has 0 aliphatic carbocycles. The summed E-state index contributed by atoms with van der Waals surface area (Å²) in [5.41, 5.74) is 2.28. The monoisotopic (exact) mass is 345 g/mol. The molecule has 4 heteroatoms. The highest BCUT2D eigenvalue weighted by Gasteiger charge is 2.09. The van der Waals surface area contributed by atoms with Crippen molar-refractivity contribution in [1.82, 2.24) is 0 Å². The third-order valence-corrected chi connectivity index (χ3v) is 3.41. The number of amides is 1. The van der Waals surface area contributed by atoms with Crippen LogP contribution in [0, 0.1) is 0 Å². The van der Waals surface area contributed by atoms with Gasteiger partial charge in [0.2, 0.25) is 0 Å². The second-order valence-corrected chi connectivity index (χ2v) is 5.56. The van der Waals surface area contributed by atoms with Gasteiger partial charge in [-0.2, -0.15) is 0 Å². The molecule has 2 rings (SSSR count). The molecule has 0 saturated heterocycles. The van der Waals surface area contributed by atoms with E-state index in [1.807, 2.05) is 49.4 Å². The second-order valence-electron chi connectivity index (χ2n) is 4.70. The minimum Gasteiger partial charge on any atom is -0.489 e. The maximum absolute atomic E-state index is 12.2. The molecule has 0 saturated carbocycles. The van der Waals surface area contributed by atoms with E-state index < -0.39 is 0 Å². The van der Waals surface area contributed by atoms with Gasteiger partial charge in [-0.15, -0.1) is 0 Å². The maximum atomic E-state index is 12.2. The van der Waals surface area contributed by atoms with Gasteiger partial charge in [-0.25, -0.2) is 0 Å². The summed E-state index contributed by atoms with van der Waals surface area (Å²) in [6.45, 7) is 6.18. The number of anilines is 1. The quantitative estimate of drug-likeness (QED) is 0.800. The van der Waals surface area contributed by atoms with E-state index in [1.165, 1.54) is 0 Å². The van der Waals surface area contributed by atoms with Gasteiger partial charge in [0, 0.05) is 10.2 Å². The summed E-state index contributed by atoms with van der Waals surface area (Å²) in [5, 5.41) is 2.85. The Kier molecular flexibility index (Phi) is 5.17. The number of hydrogen-bond acceptors (Lipinski definition) is 2. The van der Waals surface area contributed by atoms with Crippen molar-refractivity contribution in [3.63, 3.8) is 0 Å². The van der Waals surface area contributed by atoms with Crippen molar-refractivity contribution in [3.05, 3.63) is 70.7 Å². The van der Waals surface area contributed by atoms with E-state index in [9.17, 15) is 4.79 Å². The lowest BCUT2D eigenvalue weighted by atomic mass is 10.2. The highest BCUT2D eigenvalue weighted by molar-refractivity contribution is 9.10. The molecule has 1 N–H and O–H groups in total. The standard InChI is InChI=1S/C17H16BrNO2/c1-12(2)11-21-14-9-7-13(8-10-14)19-17(20)15-5-3-4-6-16(15)18/h3-10H,1,11H2,2H3,(H,19,20). The summed E-state index contributed by atoms with van der Waals surface area (Å²) in [6, 6.07) is 14.6. The topological polar surface area (TPSA) is 38.3 Å². The Balaban J connectivity index is 2.02. The van der Waals surface area contributed by atoms with E-state index >= 15 is 0 Å². The van der Waals surface area contributed by atoms with Crippen LogP contribution in [0.3, 0.4) is 0 Å². The van der Waals surface area contributed by atoms with Crippen LogP contribution in [0.5, 0.6) is 5.75 Å². The summed E-state index contributed by atoms with van der Waals surface area (Å²) in [4.78, 5) is 12.2. The lowest BCUT2D eigenvalue weighted by molar-refractivity contribution is 0.102. The largest absolute Gasteiger partial charge is 0.489 e. The number of rotatable bonds is 5. The Morgan fingerprint density at radius 1 is 1.19 bits per heavy atom. The summed E-state index contributed by atoms with van der Waals surface area (Å²) < 4.78 is 6.28. The predicted molar refractivity (Wildman–Crippen MR) is 88.8 cm³/mol. The van der Waals surface area contributed by atoms with Gasteiger partial charge in [0.05, 0.1) is 5.56 Å². The SMILES string of the molecule is C=C(C)COc1ccc(NC(=O)c2ccccc2Br)cc1. The number of ether oxygens (including phenoxy) is 1. The first-order valence-corrected chi connectivity index (χ1v) is 7.28. The normalized spacial score (nSPS) is 10.0. The summed E-state index contributed by atoms with van der Waals surface area (Å²) in [5.74, 6) is 0.593. The van der Waals surface area contributed by atoms with Crippen LogP contribution < -0.4 is 10.1 Å². The molecule has 1 amide bonds. The fraction of sp³-hybridized carbons (Fsp3) is 0.118. The molecule has 21 heavy (non-hydrogen) atoms. The molecule has 0 aliphatic heterocycles. The Morgan fingerprint density at radius 3 is 2.48 bits per heavy atom. The smallest absolute Gasteiger partial charge is 0.256 e. The van der Waals surface area contributed by atoms with E-state index in [0.717, 1.165) is 21.5 Å². The van der Waals surface area contributed by atoms with Crippen molar-refractivity contribution in [2.45, 2.75) is 6.92 Å². The van der Waals surface area contributed by atoms with Crippen LogP contribution in [0.15, 0.2) is 65.2 Å². The molecule has 0 heterocycles. The van der Waals surface area contributed by atoms with Crippen molar-refractivity contribution in [2.24, 2.45) is 0 Å². The number of carbonyl (C=O) groups is 1. The number of hydrogen-bond donors (Lipinski definition) is 1. The molecule has 0 atom stereocenters. The summed E-state index contributed by atoms with van der Waals surface area (Å²) in [6.07, 6.45) is 0. The van der Waals surface area contributed by atoms with Gasteiger partial charge in [-0.3, -0.25) is 4.79 Å². The molecule has 2 aromatic carbocycles. The van der Waals surface area contributed by atoms with Gasteiger partial charge in [0.25, 0.3) is 5.91 Å². The lowest BCUT2D eigenvalue weighted by Crippen LogP contribution is -2.12. The maximum Gasteiger partial charge on any atom is 0.256 e. The summed E-state index contributed by atoms with van der Waals surface area (Å²) in [7, 11) is 0. The highest BCUT2D eigenvalue weighted by atomic mass is 79.9. The van der Waals surface area contributed by atoms with E-state index in [-0.39, 0.29) is 5.91 Å². The average Bonchev–Trinajstić information content (AvgIpc) is 2.47. The fourth-order valence-corrected chi connectivity index (χ4v) is 2.15.